The van der Waals surface area contributed by atoms with Crippen LogP contribution in [0.2, 0.25) is 0 Å². The highest BCUT2D eigenvalue weighted by Gasteiger charge is 2.32. The third-order valence-electron chi connectivity index (χ3n) is 7.53. The van der Waals surface area contributed by atoms with Gasteiger partial charge in [0, 0.05) is 30.8 Å². The number of urea groups is 1. The Morgan fingerprint density at radius 3 is 2.31 bits per heavy atom. The van der Waals surface area contributed by atoms with Gasteiger partial charge in [0.2, 0.25) is 0 Å². The zero-order chi connectivity index (χ0) is 38.1. The van der Waals surface area contributed by atoms with Crippen LogP contribution in [0, 0.1) is 6.92 Å². The summed E-state index contributed by atoms with van der Waals surface area (Å²) in [5.74, 6) is -0.0467. The molecule has 52 heavy (non-hydrogen) atoms. The lowest BCUT2D eigenvalue weighted by Gasteiger charge is -2.29. The standard InChI is InChI=1S/C36H38F6N6O3S/c1-5-6-31(49)52-34(47(20-18-35(37,38)39)30-21-24(4)7-16-29(30)23(2)3)45-33(50)43-19-17-25-8-10-26(11-9-25)32-44-22-48(46-32)27-12-14-28(15-13-27)51-36(40,41)42/h7-16,21-23H,5-6,17-20H2,1-4H3,(H,43,50). The molecule has 0 radical (unpaired) electrons. The van der Waals surface area contributed by atoms with Gasteiger partial charge in [-0.2, -0.15) is 18.2 Å². The van der Waals surface area contributed by atoms with Crippen LogP contribution in [-0.2, 0) is 11.2 Å². The SMILES string of the molecule is CCCC(=O)SC(=NC(=O)NCCc1ccc(-c2ncn(-c3ccc(OC(F)(F)F)cc3)n2)cc1)N(CCC(F)(F)F)c1cc(C)ccc1C(C)C. The first kappa shape index (κ1) is 39.9. The number of alkyl halides is 6. The summed E-state index contributed by atoms with van der Waals surface area (Å²) in [7, 11) is 0. The highest BCUT2D eigenvalue weighted by molar-refractivity contribution is 8.26. The fourth-order valence-electron chi connectivity index (χ4n) is 5.01. The Bertz CT molecular complexity index is 1840. The highest BCUT2D eigenvalue weighted by Crippen LogP contribution is 2.33. The number of benzene rings is 3. The van der Waals surface area contributed by atoms with Crippen LogP contribution < -0.4 is 15.0 Å². The zero-order valence-corrected chi connectivity index (χ0v) is 29.7. The van der Waals surface area contributed by atoms with Gasteiger partial charge in [-0.3, -0.25) is 4.79 Å². The highest BCUT2D eigenvalue weighted by atomic mass is 32.2. The van der Waals surface area contributed by atoms with E-state index in [-0.39, 0.29) is 34.9 Å². The fourth-order valence-corrected chi connectivity index (χ4v) is 5.95. The molecule has 0 spiro atoms. The molecule has 16 heteroatoms. The third-order valence-corrected chi connectivity index (χ3v) is 8.46. The predicted molar refractivity (Wildman–Crippen MR) is 189 cm³/mol. The largest absolute Gasteiger partial charge is 0.573 e. The van der Waals surface area contributed by atoms with Crippen LogP contribution >= 0.6 is 11.8 Å². The smallest absolute Gasteiger partial charge is 0.406 e. The van der Waals surface area contributed by atoms with Gasteiger partial charge in [-0.25, -0.2) is 14.5 Å². The molecule has 0 aliphatic heterocycles. The van der Waals surface area contributed by atoms with Crippen LogP contribution in [0.1, 0.15) is 62.6 Å². The number of aryl methyl sites for hydroxylation is 1. The van der Waals surface area contributed by atoms with Gasteiger partial charge in [-0.1, -0.05) is 57.2 Å². The second-order valence-electron chi connectivity index (χ2n) is 12.1. The topological polar surface area (TPSA) is 102 Å². The van der Waals surface area contributed by atoms with Crippen molar-refractivity contribution < 1.29 is 40.7 Å². The number of rotatable bonds is 12. The fraction of sp³-hybridized carbons (Fsp3) is 0.361. The van der Waals surface area contributed by atoms with Crippen molar-refractivity contribution in [3.63, 3.8) is 0 Å². The summed E-state index contributed by atoms with van der Waals surface area (Å²) in [6.45, 7) is 7.05. The second kappa shape index (κ2) is 17.6. The lowest BCUT2D eigenvalue weighted by atomic mass is 9.98. The van der Waals surface area contributed by atoms with Crippen LogP contribution in [0.15, 0.2) is 78.0 Å². The first-order valence-corrected chi connectivity index (χ1v) is 17.2. The minimum atomic E-state index is -4.80. The molecule has 2 amide bonds. The van der Waals surface area contributed by atoms with E-state index in [0.717, 1.165) is 16.7 Å². The van der Waals surface area contributed by atoms with Gasteiger partial charge in [0.15, 0.2) is 16.1 Å². The molecular formula is C36H38F6N6O3S. The molecule has 1 heterocycles. The van der Waals surface area contributed by atoms with E-state index < -0.39 is 31.5 Å². The van der Waals surface area contributed by atoms with Gasteiger partial charge in [-0.15, -0.1) is 18.3 Å². The average Bonchev–Trinajstić information content (AvgIpc) is 3.55. The van der Waals surface area contributed by atoms with Gasteiger partial charge in [0.1, 0.15) is 12.1 Å². The van der Waals surface area contributed by atoms with Gasteiger partial charge in [0.05, 0.1) is 12.1 Å². The monoisotopic (exact) mass is 748 g/mol. The Labute approximate surface area is 301 Å². The van der Waals surface area contributed by atoms with E-state index in [2.05, 4.69) is 25.1 Å². The molecule has 0 unspecified atom stereocenters. The number of nitrogens with one attached hydrogen (secondary N) is 1. The third kappa shape index (κ3) is 12.1. The summed E-state index contributed by atoms with van der Waals surface area (Å²) in [6.07, 6.45) is -7.97. The number of aliphatic imine (C=N–C) groups is 1. The number of carbonyl (C=O) groups excluding carboxylic acids is 2. The summed E-state index contributed by atoms with van der Waals surface area (Å²) in [6, 6.07) is 17.0. The number of anilines is 1. The van der Waals surface area contributed by atoms with Crippen molar-refractivity contribution in [3.8, 4) is 22.8 Å². The summed E-state index contributed by atoms with van der Waals surface area (Å²) >= 11 is 0.658. The van der Waals surface area contributed by atoms with Gasteiger partial charge in [-0.05, 0) is 84.5 Å². The van der Waals surface area contributed by atoms with E-state index >= 15 is 0 Å². The number of thioether (sulfide) groups is 1. The zero-order valence-electron chi connectivity index (χ0n) is 28.9. The van der Waals surface area contributed by atoms with Crippen LogP contribution in [0.4, 0.5) is 36.8 Å². The van der Waals surface area contributed by atoms with Crippen molar-refractivity contribution in [2.75, 3.05) is 18.0 Å². The molecule has 0 aliphatic rings. The number of amides is 2. The average molecular weight is 749 g/mol. The number of amidine groups is 1. The van der Waals surface area contributed by atoms with E-state index in [1.165, 1.54) is 40.2 Å². The molecule has 0 fully saturated rings. The summed E-state index contributed by atoms with van der Waals surface area (Å²) in [5, 5.41) is 6.62. The molecule has 9 nitrogen and oxygen atoms in total. The molecule has 0 atom stereocenters. The first-order valence-electron chi connectivity index (χ1n) is 16.4. The maximum absolute atomic E-state index is 13.5. The number of halogens is 6. The van der Waals surface area contributed by atoms with Crippen molar-refractivity contribution in [2.24, 2.45) is 4.99 Å². The molecule has 0 saturated heterocycles. The van der Waals surface area contributed by atoms with E-state index in [1.54, 1.807) is 25.1 Å². The Balaban J connectivity index is 1.46. The van der Waals surface area contributed by atoms with Gasteiger partial charge >= 0.3 is 18.6 Å². The molecule has 1 aromatic heterocycles. The Morgan fingerprint density at radius 2 is 1.69 bits per heavy atom. The van der Waals surface area contributed by atoms with Crippen molar-refractivity contribution in [1.29, 1.82) is 0 Å². The van der Waals surface area contributed by atoms with Crippen LogP contribution in [0.5, 0.6) is 5.75 Å². The molecule has 0 saturated carbocycles. The first-order chi connectivity index (χ1) is 24.5. The molecule has 0 bridgehead atoms. The minimum Gasteiger partial charge on any atom is -0.406 e. The van der Waals surface area contributed by atoms with Gasteiger partial charge < -0.3 is 15.0 Å². The second-order valence-corrected chi connectivity index (χ2v) is 13.1. The Hall–Kier alpha value is -4.86. The van der Waals surface area contributed by atoms with E-state index in [0.29, 0.717) is 47.4 Å². The van der Waals surface area contributed by atoms with Crippen molar-refractivity contribution in [2.45, 2.75) is 71.8 Å². The number of ether oxygens (including phenoxy) is 1. The minimum absolute atomic E-state index is 0.0595. The molecule has 3 aromatic carbocycles. The number of hydrogen-bond acceptors (Lipinski definition) is 6. The van der Waals surface area contributed by atoms with Crippen molar-refractivity contribution >= 4 is 33.8 Å². The number of carbonyl (C=O) groups is 2. The summed E-state index contributed by atoms with van der Waals surface area (Å²) < 4.78 is 83.1. The lowest BCUT2D eigenvalue weighted by molar-refractivity contribution is -0.274. The molecule has 0 aliphatic carbocycles. The van der Waals surface area contributed by atoms with E-state index in [4.69, 9.17) is 0 Å². The maximum Gasteiger partial charge on any atom is 0.573 e. The van der Waals surface area contributed by atoms with E-state index in [9.17, 15) is 35.9 Å². The number of aromatic nitrogens is 3. The van der Waals surface area contributed by atoms with E-state index in [1.807, 2.05) is 45.0 Å². The van der Waals surface area contributed by atoms with Crippen LogP contribution in [0.3, 0.4) is 0 Å². The molecular weight excluding hydrogens is 710 g/mol. The molecule has 4 rings (SSSR count). The van der Waals surface area contributed by atoms with Gasteiger partial charge in [0.25, 0.3) is 0 Å². The normalized spacial score (nSPS) is 12.2. The van der Waals surface area contributed by atoms with Crippen LogP contribution in [0.25, 0.3) is 17.1 Å². The number of hydrogen-bond donors (Lipinski definition) is 1. The lowest BCUT2D eigenvalue weighted by Crippen LogP contribution is -2.36. The molecule has 4 aromatic rings. The quantitative estimate of drug-likeness (QED) is 0.0876. The maximum atomic E-state index is 13.5. The Kier molecular flexibility index (Phi) is 13.5. The Morgan fingerprint density at radius 1 is 1.00 bits per heavy atom. The summed E-state index contributed by atoms with van der Waals surface area (Å²) in [5.41, 5.74) is 3.99. The number of nitrogens with zero attached hydrogens (tertiary/aromatic N) is 5. The summed E-state index contributed by atoms with van der Waals surface area (Å²) in [4.78, 5) is 35.6. The molecule has 1 N–H and O–H groups in total. The molecule has 278 valence electrons. The van der Waals surface area contributed by atoms with Crippen molar-refractivity contribution in [3.05, 3.63) is 89.7 Å². The van der Waals surface area contributed by atoms with Crippen molar-refractivity contribution in [1.82, 2.24) is 20.1 Å². The predicted octanol–water partition coefficient (Wildman–Crippen LogP) is 9.39. The van der Waals surface area contributed by atoms with Crippen LogP contribution in [-0.4, -0.2) is 56.7 Å².